The normalized spacial score (nSPS) is 11.4. The maximum atomic E-state index is 13.5. The van der Waals surface area contributed by atoms with E-state index in [9.17, 15) is 13.2 Å². The van der Waals surface area contributed by atoms with Crippen LogP contribution in [-0.4, -0.2) is 55.7 Å². The summed E-state index contributed by atoms with van der Waals surface area (Å²) >= 11 is 0. The van der Waals surface area contributed by atoms with Crippen molar-refractivity contribution < 1.29 is 17.9 Å². The Kier molecular flexibility index (Phi) is 6.71. The number of anilines is 1. The monoisotopic (exact) mass is 408 g/mol. The van der Waals surface area contributed by atoms with E-state index in [0.29, 0.717) is 35.9 Å². The van der Waals surface area contributed by atoms with Gasteiger partial charge in [-0.3, -0.25) is 13.8 Å². The third-order valence-electron chi connectivity index (χ3n) is 4.75. The summed E-state index contributed by atoms with van der Waals surface area (Å²) in [5, 5.41) is 4.22. The van der Waals surface area contributed by atoms with Crippen molar-refractivity contribution in [2.24, 2.45) is 7.05 Å². The van der Waals surface area contributed by atoms with E-state index < -0.39 is 10.0 Å². The summed E-state index contributed by atoms with van der Waals surface area (Å²) in [6.45, 7) is 7.81. The third kappa shape index (κ3) is 4.14. The van der Waals surface area contributed by atoms with Crippen molar-refractivity contribution in [3.05, 3.63) is 35.7 Å². The van der Waals surface area contributed by atoms with Gasteiger partial charge in [0.1, 0.15) is 17.2 Å². The zero-order valence-corrected chi connectivity index (χ0v) is 18.1. The number of ether oxygens (including phenoxy) is 1. The van der Waals surface area contributed by atoms with Crippen molar-refractivity contribution in [1.82, 2.24) is 14.7 Å². The molecule has 9 heteroatoms. The number of aromatic nitrogens is 2. The molecule has 0 N–H and O–H groups in total. The molecule has 0 unspecified atom stereocenters. The van der Waals surface area contributed by atoms with Crippen molar-refractivity contribution in [2.45, 2.75) is 32.6 Å². The largest absolute Gasteiger partial charge is 0.497 e. The lowest BCUT2D eigenvalue weighted by Gasteiger charge is -2.27. The minimum atomic E-state index is -4.00. The molecule has 2 rings (SSSR count). The van der Waals surface area contributed by atoms with Crippen LogP contribution in [0.3, 0.4) is 0 Å². The zero-order chi connectivity index (χ0) is 21.1. The van der Waals surface area contributed by atoms with Gasteiger partial charge >= 0.3 is 0 Å². The van der Waals surface area contributed by atoms with E-state index in [0.717, 1.165) is 4.31 Å². The molecule has 1 aromatic heterocycles. The van der Waals surface area contributed by atoms with Crippen LogP contribution in [-0.2, 0) is 21.9 Å². The minimum absolute atomic E-state index is 0.123. The fourth-order valence-electron chi connectivity index (χ4n) is 3.10. The Morgan fingerprint density at radius 3 is 2.14 bits per heavy atom. The second kappa shape index (κ2) is 8.64. The molecule has 1 amide bonds. The van der Waals surface area contributed by atoms with E-state index in [1.165, 1.54) is 11.8 Å². The third-order valence-corrected chi connectivity index (χ3v) is 6.77. The number of hydrogen-bond donors (Lipinski definition) is 0. The molecule has 2 aromatic rings. The Morgan fingerprint density at radius 1 is 1.14 bits per heavy atom. The van der Waals surface area contributed by atoms with Gasteiger partial charge in [0, 0.05) is 20.1 Å². The number of amides is 1. The summed E-state index contributed by atoms with van der Waals surface area (Å²) in [7, 11) is -0.765. The van der Waals surface area contributed by atoms with Gasteiger partial charge in [-0.1, -0.05) is 0 Å². The average molecular weight is 409 g/mol. The summed E-state index contributed by atoms with van der Waals surface area (Å²) < 4.78 is 34.9. The van der Waals surface area contributed by atoms with Crippen molar-refractivity contribution in [3.63, 3.8) is 0 Å². The van der Waals surface area contributed by atoms with Crippen molar-refractivity contribution in [1.29, 1.82) is 0 Å². The highest BCUT2D eigenvalue weighted by Crippen LogP contribution is 2.29. The molecule has 1 heterocycles. The minimum Gasteiger partial charge on any atom is -0.497 e. The Bertz CT molecular complexity index is 932. The number of aryl methyl sites for hydroxylation is 2. The molecule has 0 atom stereocenters. The predicted molar refractivity (Wildman–Crippen MR) is 108 cm³/mol. The number of benzene rings is 1. The number of carbonyl (C=O) groups excluding carboxylic acids is 1. The number of methoxy groups -OCH3 is 1. The lowest BCUT2D eigenvalue weighted by Crippen LogP contribution is -2.43. The SMILES string of the molecule is CCN(CC)C(=O)CN(c1ccc(OC)cc1)S(=O)(=O)c1c(C)nn(C)c1C. The molecule has 154 valence electrons. The first-order valence-electron chi connectivity index (χ1n) is 9.12. The smallest absolute Gasteiger partial charge is 0.268 e. The number of sulfonamides is 1. The lowest BCUT2D eigenvalue weighted by molar-refractivity contribution is -0.129. The van der Waals surface area contributed by atoms with Gasteiger partial charge in [0.2, 0.25) is 5.91 Å². The maximum Gasteiger partial charge on any atom is 0.268 e. The van der Waals surface area contributed by atoms with Gasteiger partial charge in [0.25, 0.3) is 10.0 Å². The van der Waals surface area contributed by atoms with Crippen molar-refractivity contribution in [2.75, 3.05) is 31.0 Å². The second-order valence-electron chi connectivity index (χ2n) is 6.40. The highest BCUT2D eigenvalue weighted by molar-refractivity contribution is 7.93. The fourth-order valence-corrected chi connectivity index (χ4v) is 4.92. The molecule has 0 spiro atoms. The highest BCUT2D eigenvalue weighted by Gasteiger charge is 2.33. The van der Waals surface area contributed by atoms with Crippen LogP contribution < -0.4 is 9.04 Å². The molecule has 0 radical (unpaired) electrons. The number of rotatable bonds is 8. The van der Waals surface area contributed by atoms with E-state index in [1.807, 2.05) is 13.8 Å². The second-order valence-corrected chi connectivity index (χ2v) is 8.20. The topological polar surface area (TPSA) is 84.7 Å². The quantitative estimate of drug-likeness (QED) is 0.668. The molecule has 1 aromatic carbocycles. The Hall–Kier alpha value is -2.55. The average Bonchev–Trinajstić information content (AvgIpc) is 2.93. The van der Waals surface area contributed by atoms with Gasteiger partial charge in [-0.25, -0.2) is 8.42 Å². The molecular formula is C19H28N4O4S. The van der Waals surface area contributed by atoms with Crippen molar-refractivity contribution >= 4 is 21.6 Å². The van der Waals surface area contributed by atoms with Gasteiger partial charge < -0.3 is 9.64 Å². The van der Waals surface area contributed by atoms with Gasteiger partial charge in [0.05, 0.1) is 24.2 Å². The molecule has 0 aliphatic rings. The number of carbonyl (C=O) groups is 1. The fraction of sp³-hybridized carbons (Fsp3) is 0.474. The Labute approximate surface area is 166 Å². The summed E-state index contributed by atoms with van der Waals surface area (Å²) in [5.74, 6) is 0.341. The molecule has 28 heavy (non-hydrogen) atoms. The van der Waals surface area contributed by atoms with Crippen LogP contribution in [0.15, 0.2) is 29.2 Å². The van der Waals surface area contributed by atoms with Gasteiger partial charge in [-0.15, -0.1) is 0 Å². The molecule has 0 saturated carbocycles. The molecule has 0 aliphatic heterocycles. The van der Waals surface area contributed by atoms with Crippen LogP contribution in [0.5, 0.6) is 5.75 Å². The number of likely N-dealkylation sites (N-methyl/N-ethyl adjacent to an activating group) is 1. The predicted octanol–water partition coefficient (Wildman–Crippen LogP) is 2.11. The molecule has 0 bridgehead atoms. The molecule has 0 saturated heterocycles. The summed E-state index contributed by atoms with van der Waals surface area (Å²) in [6, 6.07) is 6.60. The first-order valence-corrected chi connectivity index (χ1v) is 10.6. The maximum absolute atomic E-state index is 13.5. The van der Waals surface area contributed by atoms with Gasteiger partial charge in [-0.05, 0) is 52.0 Å². The van der Waals surface area contributed by atoms with Crippen LogP contribution in [0.4, 0.5) is 5.69 Å². The summed E-state index contributed by atoms with van der Waals surface area (Å²) in [6.07, 6.45) is 0. The van der Waals surface area contributed by atoms with Crippen LogP contribution in [0.25, 0.3) is 0 Å². The number of hydrogen-bond acceptors (Lipinski definition) is 5. The first-order chi connectivity index (χ1) is 13.2. The lowest BCUT2D eigenvalue weighted by atomic mass is 10.3. The van der Waals surface area contributed by atoms with Crippen LogP contribution in [0.1, 0.15) is 25.2 Å². The van der Waals surface area contributed by atoms with Crippen molar-refractivity contribution in [3.8, 4) is 5.75 Å². The van der Waals surface area contributed by atoms with Crippen LogP contribution in [0, 0.1) is 13.8 Å². The Balaban J connectivity index is 2.57. The molecule has 8 nitrogen and oxygen atoms in total. The van der Waals surface area contributed by atoms with E-state index in [1.54, 1.807) is 50.1 Å². The van der Waals surface area contributed by atoms with E-state index in [2.05, 4.69) is 5.10 Å². The zero-order valence-electron chi connectivity index (χ0n) is 17.3. The number of nitrogens with zero attached hydrogens (tertiary/aromatic N) is 4. The van der Waals surface area contributed by atoms with Crippen LogP contribution in [0.2, 0.25) is 0 Å². The van der Waals surface area contributed by atoms with Crippen LogP contribution >= 0.6 is 0 Å². The summed E-state index contributed by atoms with van der Waals surface area (Å²) in [5.41, 5.74) is 1.31. The van der Waals surface area contributed by atoms with E-state index in [-0.39, 0.29) is 17.3 Å². The molecular weight excluding hydrogens is 380 g/mol. The first kappa shape index (κ1) is 21.7. The standard InChI is InChI=1S/C19H28N4O4S/c1-7-22(8-2)18(24)13-23(16-9-11-17(27-6)12-10-16)28(25,26)19-14(3)20-21(5)15(19)4/h9-12H,7-8,13H2,1-6H3. The van der Waals surface area contributed by atoms with E-state index in [4.69, 9.17) is 4.74 Å². The van der Waals surface area contributed by atoms with Gasteiger partial charge in [0.15, 0.2) is 0 Å². The Morgan fingerprint density at radius 2 is 1.71 bits per heavy atom. The van der Waals surface area contributed by atoms with Gasteiger partial charge in [-0.2, -0.15) is 5.10 Å². The molecule has 0 aliphatic carbocycles. The highest BCUT2D eigenvalue weighted by atomic mass is 32.2. The molecule has 0 fully saturated rings. The van der Waals surface area contributed by atoms with E-state index >= 15 is 0 Å². The summed E-state index contributed by atoms with van der Waals surface area (Å²) in [4.78, 5) is 14.5.